The van der Waals surface area contributed by atoms with Crippen molar-refractivity contribution in [2.45, 2.75) is 6.54 Å². The topological polar surface area (TPSA) is 139 Å². The Morgan fingerprint density at radius 2 is 1.74 bits per heavy atom. The summed E-state index contributed by atoms with van der Waals surface area (Å²) >= 11 is 0.662. The molecule has 2 N–H and O–H groups in total. The molecular weight excluding hydrogens is 479 g/mol. The molecule has 3 aromatic rings. The summed E-state index contributed by atoms with van der Waals surface area (Å²) in [6, 6.07) is 11.8. The van der Waals surface area contributed by atoms with Gasteiger partial charge in [0.05, 0.1) is 10.3 Å². The number of amides is 3. The second-order valence-corrected chi connectivity index (χ2v) is 8.36. The molecule has 2 aromatic carbocycles. The maximum atomic E-state index is 13.8. The summed E-state index contributed by atoms with van der Waals surface area (Å²) in [6.45, 7) is -0.817. The summed E-state index contributed by atoms with van der Waals surface area (Å²) in [7, 11) is 0. The molecule has 0 radical (unpaired) electrons. The van der Waals surface area contributed by atoms with E-state index in [9.17, 15) is 33.5 Å². The SMILES string of the molecule is O=C(Cn1nc(C(=O)O)c2ccccc2c1=O)NCCN1C(=O)S/C(=C\c2ccccc2F)C1=O. The standard InChI is InChI=1S/C23H17FN4O6S/c24-16-8-4-1-5-13(16)11-17-21(31)27(23(34)35-17)10-9-25-18(29)12-28-20(30)15-7-3-2-6-14(15)19(26-28)22(32)33/h1-8,11H,9-10,12H2,(H,25,29)(H,32,33)/b17-11-. The van der Waals surface area contributed by atoms with Gasteiger partial charge in [0.1, 0.15) is 12.4 Å². The molecule has 0 atom stereocenters. The number of carboxylic acid groups (broad SMARTS) is 1. The van der Waals surface area contributed by atoms with Gasteiger partial charge < -0.3 is 10.4 Å². The number of carbonyl (C=O) groups is 4. The van der Waals surface area contributed by atoms with Gasteiger partial charge in [-0.3, -0.25) is 24.1 Å². The average molecular weight is 496 g/mol. The fraction of sp³-hybridized carbons (Fsp3) is 0.130. The number of imide groups is 1. The van der Waals surface area contributed by atoms with Crippen LogP contribution < -0.4 is 10.9 Å². The number of fused-ring (bicyclic) bond motifs is 1. The van der Waals surface area contributed by atoms with Crippen molar-refractivity contribution in [2.75, 3.05) is 13.1 Å². The number of carbonyl (C=O) groups excluding carboxylic acids is 3. The minimum Gasteiger partial charge on any atom is -0.476 e. The van der Waals surface area contributed by atoms with E-state index in [1.54, 1.807) is 18.2 Å². The quantitative estimate of drug-likeness (QED) is 0.474. The van der Waals surface area contributed by atoms with E-state index in [2.05, 4.69) is 10.4 Å². The second kappa shape index (κ2) is 9.89. The number of halogens is 1. The van der Waals surface area contributed by atoms with Crippen molar-refractivity contribution in [3.63, 3.8) is 0 Å². The van der Waals surface area contributed by atoms with Crippen LogP contribution in [-0.4, -0.2) is 55.9 Å². The number of thioether (sulfide) groups is 1. The van der Waals surface area contributed by atoms with Gasteiger partial charge in [-0.15, -0.1) is 0 Å². The monoisotopic (exact) mass is 496 g/mol. The molecule has 0 spiro atoms. The molecule has 1 aliphatic heterocycles. The third-order valence-electron chi connectivity index (χ3n) is 5.09. The Morgan fingerprint density at radius 3 is 2.46 bits per heavy atom. The molecule has 178 valence electrons. The number of carboxylic acids is 1. The van der Waals surface area contributed by atoms with Crippen molar-refractivity contribution in [1.29, 1.82) is 0 Å². The number of nitrogens with zero attached hydrogens (tertiary/aromatic N) is 3. The van der Waals surface area contributed by atoms with Crippen LogP contribution in [-0.2, 0) is 16.1 Å². The Labute approximate surface area is 201 Å². The van der Waals surface area contributed by atoms with Gasteiger partial charge in [-0.05, 0) is 30.0 Å². The van der Waals surface area contributed by atoms with Crippen LogP contribution in [0.3, 0.4) is 0 Å². The minimum absolute atomic E-state index is 0.0551. The molecule has 35 heavy (non-hydrogen) atoms. The average Bonchev–Trinajstić information content (AvgIpc) is 3.09. The maximum absolute atomic E-state index is 13.8. The van der Waals surface area contributed by atoms with E-state index in [-0.39, 0.29) is 40.0 Å². The van der Waals surface area contributed by atoms with E-state index in [0.29, 0.717) is 11.8 Å². The van der Waals surface area contributed by atoms with Crippen LogP contribution >= 0.6 is 11.8 Å². The summed E-state index contributed by atoms with van der Waals surface area (Å²) in [5.74, 6) is -3.16. The highest BCUT2D eigenvalue weighted by atomic mass is 32.2. The zero-order chi connectivity index (χ0) is 25.1. The minimum atomic E-state index is -1.35. The third kappa shape index (κ3) is 4.96. The molecule has 0 bridgehead atoms. The number of hydrogen-bond acceptors (Lipinski definition) is 7. The lowest BCUT2D eigenvalue weighted by atomic mass is 10.1. The van der Waals surface area contributed by atoms with Crippen molar-refractivity contribution in [2.24, 2.45) is 0 Å². The van der Waals surface area contributed by atoms with E-state index in [1.807, 2.05) is 0 Å². The van der Waals surface area contributed by atoms with Gasteiger partial charge in [-0.2, -0.15) is 5.10 Å². The lowest BCUT2D eigenvalue weighted by Gasteiger charge is -2.13. The Hall–Kier alpha value is -4.32. The number of aromatic carboxylic acids is 1. The molecule has 1 saturated heterocycles. The molecule has 1 aromatic heterocycles. The van der Waals surface area contributed by atoms with Crippen LogP contribution in [0.15, 0.2) is 58.2 Å². The highest BCUT2D eigenvalue weighted by Gasteiger charge is 2.34. The molecule has 1 aliphatic rings. The molecule has 12 heteroatoms. The van der Waals surface area contributed by atoms with Crippen molar-refractivity contribution < 1.29 is 28.7 Å². The molecule has 10 nitrogen and oxygen atoms in total. The predicted molar refractivity (Wildman–Crippen MR) is 125 cm³/mol. The van der Waals surface area contributed by atoms with Gasteiger partial charge in [0.25, 0.3) is 16.7 Å². The summed E-state index contributed by atoms with van der Waals surface area (Å²) in [5, 5.41) is 15.4. The Kier molecular flexibility index (Phi) is 6.73. The van der Waals surface area contributed by atoms with Crippen LogP contribution in [0.25, 0.3) is 16.8 Å². The first-order valence-corrected chi connectivity index (χ1v) is 11.1. The Balaban J connectivity index is 1.41. The van der Waals surface area contributed by atoms with Crippen LogP contribution in [0.2, 0.25) is 0 Å². The number of rotatable bonds is 7. The van der Waals surface area contributed by atoms with Crippen molar-refractivity contribution in [3.8, 4) is 0 Å². The highest BCUT2D eigenvalue weighted by molar-refractivity contribution is 8.18. The lowest BCUT2D eigenvalue weighted by Crippen LogP contribution is -2.40. The normalized spacial score (nSPS) is 14.7. The van der Waals surface area contributed by atoms with Crippen molar-refractivity contribution >= 4 is 51.6 Å². The molecule has 0 saturated carbocycles. The van der Waals surface area contributed by atoms with Crippen molar-refractivity contribution in [3.05, 3.63) is 80.9 Å². The Morgan fingerprint density at radius 1 is 1.06 bits per heavy atom. The number of nitrogens with one attached hydrogen (secondary N) is 1. The lowest BCUT2D eigenvalue weighted by molar-refractivity contribution is -0.124. The van der Waals surface area contributed by atoms with Gasteiger partial charge in [-0.25, -0.2) is 13.9 Å². The van der Waals surface area contributed by atoms with Gasteiger partial charge in [-0.1, -0.05) is 36.4 Å². The van der Waals surface area contributed by atoms with Crippen LogP contribution in [0.4, 0.5) is 9.18 Å². The van der Waals surface area contributed by atoms with Crippen LogP contribution in [0.1, 0.15) is 16.1 Å². The van der Waals surface area contributed by atoms with E-state index < -0.39 is 40.9 Å². The van der Waals surface area contributed by atoms with Crippen LogP contribution in [0.5, 0.6) is 0 Å². The molecular formula is C23H17FN4O6S. The van der Waals surface area contributed by atoms with Gasteiger partial charge >= 0.3 is 5.97 Å². The summed E-state index contributed by atoms with van der Waals surface area (Å²) in [5.41, 5.74) is -0.835. The third-order valence-corrected chi connectivity index (χ3v) is 5.99. The molecule has 0 unspecified atom stereocenters. The second-order valence-electron chi connectivity index (χ2n) is 7.37. The largest absolute Gasteiger partial charge is 0.476 e. The first kappa shape index (κ1) is 23.8. The molecule has 2 heterocycles. The van der Waals surface area contributed by atoms with E-state index in [1.165, 1.54) is 36.4 Å². The maximum Gasteiger partial charge on any atom is 0.357 e. The first-order valence-electron chi connectivity index (χ1n) is 10.3. The zero-order valence-corrected chi connectivity index (χ0v) is 18.8. The van der Waals surface area contributed by atoms with E-state index in [4.69, 9.17) is 0 Å². The number of hydrogen-bond donors (Lipinski definition) is 2. The van der Waals surface area contributed by atoms with E-state index >= 15 is 0 Å². The van der Waals surface area contributed by atoms with Crippen molar-refractivity contribution in [1.82, 2.24) is 20.0 Å². The summed E-state index contributed by atoms with van der Waals surface area (Å²) < 4.78 is 14.6. The number of benzene rings is 2. The first-order chi connectivity index (χ1) is 16.8. The molecule has 4 rings (SSSR count). The predicted octanol–water partition coefficient (Wildman–Crippen LogP) is 2.09. The smallest absolute Gasteiger partial charge is 0.357 e. The summed E-state index contributed by atoms with van der Waals surface area (Å²) in [6.07, 6.45) is 1.29. The fourth-order valence-corrected chi connectivity index (χ4v) is 4.28. The fourth-order valence-electron chi connectivity index (χ4n) is 3.43. The van der Waals surface area contributed by atoms with Gasteiger partial charge in [0, 0.05) is 24.0 Å². The van der Waals surface area contributed by atoms with E-state index in [0.717, 1.165) is 9.58 Å². The van der Waals surface area contributed by atoms with Crippen LogP contribution in [0, 0.1) is 5.82 Å². The highest BCUT2D eigenvalue weighted by Crippen LogP contribution is 2.32. The molecule has 3 amide bonds. The molecule has 1 fully saturated rings. The number of aromatic nitrogens is 2. The summed E-state index contributed by atoms with van der Waals surface area (Å²) in [4.78, 5) is 62.2. The molecule has 0 aliphatic carbocycles. The Bertz CT molecular complexity index is 1470. The van der Waals surface area contributed by atoms with Gasteiger partial charge in [0.2, 0.25) is 5.91 Å². The zero-order valence-electron chi connectivity index (χ0n) is 17.9. The van der Waals surface area contributed by atoms with Gasteiger partial charge in [0.15, 0.2) is 5.69 Å².